The van der Waals surface area contributed by atoms with Crippen molar-refractivity contribution in [2.24, 2.45) is 16.7 Å². The number of fused-ring (bicyclic) bond motifs is 2. The molecule has 3 aromatic rings. The van der Waals surface area contributed by atoms with Crippen LogP contribution in [0, 0.1) is 28.6 Å². The Morgan fingerprint density at radius 2 is 1.72 bits per heavy atom. The van der Waals surface area contributed by atoms with Crippen LogP contribution in [-0.4, -0.2) is 24.9 Å². The molecule has 8 rings (SSSR count). The maximum absolute atomic E-state index is 13.1. The van der Waals surface area contributed by atoms with Crippen molar-refractivity contribution in [1.29, 1.82) is 0 Å². The Balaban J connectivity index is 0.960. The first-order chi connectivity index (χ1) is 19.0. The van der Waals surface area contributed by atoms with E-state index < -0.39 is 0 Å². The van der Waals surface area contributed by atoms with Crippen molar-refractivity contribution in [3.05, 3.63) is 94.5 Å². The fourth-order valence-corrected chi connectivity index (χ4v) is 7.13. The highest BCUT2D eigenvalue weighted by Gasteiger charge is 2.69. The molecule has 3 aliphatic carbocycles. The third-order valence-corrected chi connectivity index (χ3v) is 9.10. The molecule has 2 bridgehead atoms. The van der Waals surface area contributed by atoms with Crippen LogP contribution in [0.25, 0.3) is 0 Å². The molecule has 3 saturated carbocycles. The van der Waals surface area contributed by atoms with Crippen molar-refractivity contribution in [1.82, 2.24) is 0 Å². The molecule has 5 nitrogen and oxygen atoms in total. The van der Waals surface area contributed by atoms with E-state index in [0.29, 0.717) is 28.9 Å². The van der Waals surface area contributed by atoms with Crippen molar-refractivity contribution in [2.75, 3.05) is 18.5 Å². The van der Waals surface area contributed by atoms with Crippen molar-refractivity contribution >= 4 is 17.4 Å². The summed E-state index contributed by atoms with van der Waals surface area (Å²) in [6.07, 6.45) is 6.34. The summed E-state index contributed by atoms with van der Waals surface area (Å²) in [5.41, 5.74) is 5.27. The van der Waals surface area contributed by atoms with Gasteiger partial charge in [0.05, 0.1) is 12.0 Å². The van der Waals surface area contributed by atoms with E-state index in [9.17, 15) is 9.59 Å². The van der Waals surface area contributed by atoms with Crippen LogP contribution in [0.1, 0.15) is 64.7 Å². The molecule has 1 saturated heterocycles. The highest BCUT2D eigenvalue weighted by Crippen LogP contribution is 2.77. The number of hydrogen-bond donors (Lipinski definition) is 1. The van der Waals surface area contributed by atoms with E-state index in [1.54, 1.807) is 12.1 Å². The molecule has 4 fully saturated rings. The molecule has 0 unspecified atom stereocenters. The molecule has 196 valence electrons. The normalized spacial score (nSPS) is 24.9. The van der Waals surface area contributed by atoms with Crippen LogP contribution in [0.5, 0.6) is 5.75 Å². The van der Waals surface area contributed by atoms with E-state index in [2.05, 4.69) is 17.2 Å². The fraction of sp³-hybridized carbons (Fsp3) is 0.353. The average molecular weight is 518 g/mol. The summed E-state index contributed by atoms with van der Waals surface area (Å²) in [6, 6.07) is 20.6. The molecule has 2 heterocycles. The number of hydrogen-bond acceptors (Lipinski definition) is 4. The van der Waals surface area contributed by atoms with E-state index in [1.807, 2.05) is 54.6 Å². The number of rotatable bonds is 4. The number of carbonyl (C=O) groups is 2. The second kappa shape index (κ2) is 9.39. The summed E-state index contributed by atoms with van der Waals surface area (Å²) >= 11 is 0. The van der Waals surface area contributed by atoms with E-state index in [1.165, 1.54) is 32.1 Å². The lowest BCUT2D eigenvalue weighted by molar-refractivity contribution is -0.213. The second-order valence-electron chi connectivity index (χ2n) is 11.7. The first-order valence-electron chi connectivity index (χ1n) is 13.9. The Morgan fingerprint density at radius 3 is 2.51 bits per heavy atom. The number of benzene rings is 3. The van der Waals surface area contributed by atoms with Gasteiger partial charge in [0, 0.05) is 41.0 Å². The van der Waals surface area contributed by atoms with Gasteiger partial charge in [-0.1, -0.05) is 42.2 Å². The maximum atomic E-state index is 13.1. The molecule has 0 radical (unpaired) electrons. The molecule has 1 N–H and O–H groups in total. The first kappa shape index (κ1) is 24.2. The lowest BCUT2D eigenvalue weighted by atomic mass is 9.32. The van der Waals surface area contributed by atoms with E-state index in [0.717, 1.165) is 41.5 Å². The second-order valence-corrected chi connectivity index (χ2v) is 11.7. The zero-order valence-electron chi connectivity index (χ0n) is 21.9. The number of amides is 1. The van der Waals surface area contributed by atoms with Crippen molar-refractivity contribution in [2.45, 2.75) is 45.1 Å². The molecule has 0 spiro atoms. The van der Waals surface area contributed by atoms with Crippen molar-refractivity contribution < 1.29 is 19.1 Å². The lowest BCUT2D eigenvalue weighted by Gasteiger charge is -2.72. The Labute approximate surface area is 228 Å². The molecule has 5 heteroatoms. The van der Waals surface area contributed by atoms with Crippen LogP contribution >= 0.6 is 0 Å². The molecule has 5 aliphatic rings. The number of carbonyl (C=O) groups excluding carboxylic acids is 2. The maximum Gasteiger partial charge on any atom is 0.228 e. The SMILES string of the molecule is O=C(Cc1ccc2c(c1)C(=O)c1ccccc1CO2)Nc1ccc(C#CC23CC(C4CCOCC4)(C2)C3)cc1. The predicted octanol–water partition coefficient (Wildman–Crippen LogP) is 5.94. The zero-order valence-corrected chi connectivity index (χ0v) is 21.9. The monoisotopic (exact) mass is 517 g/mol. The minimum Gasteiger partial charge on any atom is -0.488 e. The quantitative estimate of drug-likeness (QED) is 0.435. The van der Waals surface area contributed by atoms with Crippen LogP contribution in [0.3, 0.4) is 0 Å². The molecule has 0 aromatic heterocycles. The topological polar surface area (TPSA) is 64.6 Å². The van der Waals surface area contributed by atoms with Crippen LogP contribution in [0.4, 0.5) is 5.69 Å². The Morgan fingerprint density at radius 1 is 0.949 bits per heavy atom. The minimum atomic E-state index is -0.136. The van der Waals surface area contributed by atoms with Crippen LogP contribution in [0.15, 0.2) is 66.7 Å². The van der Waals surface area contributed by atoms with E-state index >= 15 is 0 Å². The van der Waals surface area contributed by atoms with Gasteiger partial charge in [0.25, 0.3) is 0 Å². The van der Waals surface area contributed by atoms with Gasteiger partial charge in [-0.05, 0) is 85.4 Å². The number of ketones is 1. The largest absolute Gasteiger partial charge is 0.488 e. The summed E-state index contributed by atoms with van der Waals surface area (Å²) in [6.45, 7) is 2.20. The molecule has 1 amide bonds. The van der Waals surface area contributed by atoms with Crippen molar-refractivity contribution in [3.8, 4) is 17.6 Å². The van der Waals surface area contributed by atoms with Gasteiger partial charge >= 0.3 is 0 Å². The van der Waals surface area contributed by atoms with Crippen LogP contribution in [0.2, 0.25) is 0 Å². The third-order valence-electron chi connectivity index (χ3n) is 9.10. The average Bonchev–Trinajstić information content (AvgIpc) is 3.05. The fourth-order valence-electron chi connectivity index (χ4n) is 7.13. The highest BCUT2D eigenvalue weighted by molar-refractivity contribution is 6.12. The number of nitrogens with one attached hydrogen (secondary N) is 1. The molecular formula is C34H31NO4. The first-order valence-corrected chi connectivity index (χ1v) is 13.9. The Bertz CT molecular complexity index is 1500. The Kier molecular flexibility index (Phi) is 5.82. The summed E-state index contributed by atoms with van der Waals surface area (Å²) in [5, 5.41) is 2.97. The molecule has 2 aliphatic heterocycles. The zero-order chi connectivity index (χ0) is 26.5. The smallest absolute Gasteiger partial charge is 0.228 e. The minimum absolute atomic E-state index is 0.0744. The number of anilines is 1. The third kappa shape index (κ3) is 4.43. The lowest BCUT2D eigenvalue weighted by Crippen LogP contribution is -2.64. The van der Waals surface area contributed by atoms with Gasteiger partial charge < -0.3 is 14.8 Å². The van der Waals surface area contributed by atoms with Gasteiger partial charge in [0.1, 0.15) is 12.4 Å². The molecule has 0 atom stereocenters. The van der Waals surface area contributed by atoms with Gasteiger partial charge in [-0.2, -0.15) is 0 Å². The summed E-state index contributed by atoms with van der Waals surface area (Å²) < 4.78 is 11.4. The van der Waals surface area contributed by atoms with Crippen molar-refractivity contribution in [3.63, 3.8) is 0 Å². The summed E-state index contributed by atoms with van der Waals surface area (Å²) in [5.74, 6) is 8.12. The van der Waals surface area contributed by atoms with E-state index in [4.69, 9.17) is 9.47 Å². The predicted molar refractivity (Wildman–Crippen MR) is 149 cm³/mol. The van der Waals surface area contributed by atoms with Crippen LogP contribution in [-0.2, 0) is 22.6 Å². The van der Waals surface area contributed by atoms with Gasteiger partial charge in [0.2, 0.25) is 5.91 Å². The molecular weight excluding hydrogens is 486 g/mol. The van der Waals surface area contributed by atoms with Gasteiger partial charge in [0.15, 0.2) is 5.78 Å². The van der Waals surface area contributed by atoms with E-state index in [-0.39, 0.29) is 23.5 Å². The van der Waals surface area contributed by atoms with Gasteiger partial charge in [-0.15, -0.1) is 0 Å². The summed E-state index contributed by atoms with van der Waals surface area (Å²) in [7, 11) is 0. The molecule has 39 heavy (non-hydrogen) atoms. The summed E-state index contributed by atoms with van der Waals surface area (Å²) in [4.78, 5) is 25.9. The van der Waals surface area contributed by atoms with Gasteiger partial charge in [-0.25, -0.2) is 0 Å². The Hall–Kier alpha value is -3.88. The van der Waals surface area contributed by atoms with Crippen LogP contribution < -0.4 is 10.1 Å². The molecule has 3 aromatic carbocycles. The standard InChI is InChI=1S/C34H31NO4/c36-31(18-24-7-10-30-29(17-24)32(37)28-4-2-1-3-25(28)19-39-30)35-27-8-5-23(6-9-27)11-14-33-20-34(21-33,22-33)26-12-15-38-16-13-26/h1-10,17,26H,12-13,15-16,18-22H2,(H,35,36). The van der Waals surface area contributed by atoms with Gasteiger partial charge in [-0.3, -0.25) is 9.59 Å². The highest BCUT2D eigenvalue weighted by atomic mass is 16.5. The number of ether oxygens (including phenoxy) is 2.